The molecule has 0 spiro atoms. The molecule has 2 N–H and O–H groups in total. The van der Waals surface area contributed by atoms with E-state index in [1.54, 1.807) is 48.5 Å². The van der Waals surface area contributed by atoms with Crippen molar-refractivity contribution in [2.45, 2.75) is 12.4 Å². The molecule has 0 aliphatic heterocycles. The predicted octanol–water partition coefficient (Wildman–Crippen LogP) is 8.66. The topological polar surface area (TPSA) is 48.8 Å². The summed E-state index contributed by atoms with van der Waals surface area (Å²) in [6.07, 6.45) is -6.04. The number of anilines is 4. The molecule has 0 atom stereocenters. The first kappa shape index (κ1) is 26.5. The minimum Gasteiger partial charge on any atom is -0.355 e. The summed E-state index contributed by atoms with van der Waals surface area (Å²) in [6, 6.07) is 23.5. The van der Waals surface area contributed by atoms with Crippen LogP contribution < -0.4 is 10.6 Å². The van der Waals surface area contributed by atoms with Crippen LogP contribution in [0.4, 0.5) is 49.1 Å². The summed E-state index contributed by atoms with van der Waals surface area (Å²) in [5.74, 6) is 0. The van der Waals surface area contributed by atoms with Gasteiger partial charge in [-0.3, -0.25) is 0 Å². The van der Waals surface area contributed by atoms with E-state index in [0.29, 0.717) is 22.5 Å². The Kier molecular flexibility index (Phi) is 7.80. The predicted molar refractivity (Wildman–Crippen MR) is 138 cm³/mol. The summed E-state index contributed by atoms with van der Waals surface area (Å²) in [5, 5.41) is 14.0. The number of benzene rings is 4. The molecular weight excluding hydrogens is 506 g/mol. The van der Waals surface area contributed by atoms with Crippen molar-refractivity contribution in [2.24, 2.45) is 10.2 Å². The number of hydrogen-bond donors (Lipinski definition) is 2. The monoisotopic (exact) mass is 526 g/mol. The first-order chi connectivity index (χ1) is 18.1. The number of para-hydroxylation sites is 2. The minimum absolute atomic E-state index is 0.263. The lowest BCUT2D eigenvalue weighted by Crippen LogP contribution is -2.05. The zero-order valence-corrected chi connectivity index (χ0v) is 19.6. The quantitative estimate of drug-likeness (QED) is 0.144. The molecule has 0 fully saturated rings. The standard InChI is InChI=1S/C28H20F6N4/c29-27(30,31)21-9-5-11-23(15-21)37-25-13-3-1-7-19(25)17-35-36-18-20-8-2-4-14-26(20)38-24-12-6-10-22(16-24)28(32,33)34/h1-18,37-38H. The lowest BCUT2D eigenvalue weighted by atomic mass is 10.1. The first-order valence-electron chi connectivity index (χ1n) is 11.2. The van der Waals surface area contributed by atoms with Crippen molar-refractivity contribution in [3.8, 4) is 0 Å². The van der Waals surface area contributed by atoms with Crippen LogP contribution in [0.1, 0.15) is 22.3 Å². The fraction of sp³-hybridized carbons (Fsp3) is 0.0714. The Balaban J connectivity index is 1.49. The number of nitrogens with one attached hydrogen (secondary N) is 2. The average Bonchev–Trinajstić information content (AvgIpc) is 2.88. The number of alkyl halides is 6. The van der Waals surface area contributed by atoms with Crippen LogP contribution >= 0.6 is 0 Å². The lowest BCUT2D eigenvalue weighted by Gasteiger charge is -2.12. The molecule has 0 saturated heterocycles. The first-order valence-corrected chi connectivity index (χ1v) is 11.2. The Morgan fingerprint density at radius 3 is 1.29 bits per heavy atom. The van der Waals surface area contributed by atoms with Gasteiger partial charge in [0.15, 0.2) is 0 Å². The van der Waals surface area contributed by atoms with Crippen LogP contribution in [-0.2, 0) is 12.4 Å². The van der Waals surface area contributed by atoms with Gasteiger partial charge in [-0.25, -0.2) is 0 Å². The van der Waals surface area contributed by atoms with Gasteiger partial charge in [0.1, 0.15) is 0 Å². The summed E-state index contributed by atoms with van der Waals surface area (Å²) in [7, 11) is 0. The third kappa shape index (κ3) is 7.00. The van der Waals surface area contributed by atoms with Gasteiger partial charge in [-0.2, -0.15) is 36.5 Å². The Morgan fingerprint density at radius 1 is 0.500 bits per heavy atom. The fourth-order valence-corrected chi connectivity index (χ4v) is 3.50. The van der Waals surface area contributed by atoms with Gasteiger partial charge in [0.25, 0.3) is 0 Å². The Morgan fingerprint density at radius 2 is 0.895 bits per heavy atom. The van der Waals surface area contributed by atoms with E-state index in [-0.39, 0.29) is 11.4 Å². The van der Waals surface area contributed by atoms with Crippen molar-refractivity contribution in [3.63, 3.8) is 0 Å². The van der Waals surface area contributed by atoms with E-state index in [1.807, 2.05) is 0 Å². The SMILES string of the molecule is FC(F)(F)c1cccc(Nc2ccccc2C=NN=Cc2ccccc2Nc2cccc(C(F)(F)F)c2)c1. The highest BCUT2D eigenvalue weighted by Crippen LogP contribution is 2.33. The minimum atomic E-state index is -4.46. The van der Waals surface area contributed by atoms with Crippen molar-refractivity contribution < 1.29 is 26.3 Å². The van der Waals surface area contributed by atoms with Crippen LogP contribution in [0.2, 0.25) is 0 Å². The summed E-state index contributed by atoms with van der Waals surface area (Å²) in [4.78, 5) is 0. The fourth-order valence-electron chi connectivity index (χ4n) is 3.50. The number of hydrogen-bond acceptors (Lipinski definition) is 4. The second kappa shape index (κ2) is 11.2. The second-order valence-corrected chi connectivity index (χ2v) is 8.07. The van der Waals surface area contributed by atoms with Gasteiger partial charge < -0.3 is 10.6 Å². The molecule has 0 aliphatic carbocycles. The third-order valence-electron chi connectivity index (χ3n) is 5.32. The molecule has 0 aliphatic rings. The lowest BCUT2D eigenvalue weighted by molar-refractivity contribution is -0.138. The normalized spacial score (nSPS) is 12.3. The second-order valence-electron chi connectivity index (χ2n) is 8.07. The van der Waals surface area contributed by atoms with Gasteiger partial charge in [-0.15, -0.1) is 0 Å². The van der Waals surface area contributed by atoms with Crippen molar-refractivity contribution in [3.05, 3.63) is 119 Å². The maximum atomic E-state index is 13.0. The maximum Gasteiger partial charge on any atom is 0.416 e. The zero-order valence-electron chi connectivity index (χ0n) is 19.6. The van der Waals surface area contributed by atoms with Crippen LogP contribution in [0.25, 0.3) is 0 Å². The molecule has 4 rings (SSSR count). The molecule has 0 saturated carbocycles. The average molecular weight is 526 g/mol. The molecule has 0 radical (unpaired) electrons. The van der Waals surface area contributed by atoms with Gasteiger partial charge in [0.2, 0.25) is 0 Å². The molecule has 4 aromatic rings. The molecule has 10 heteroatoms. The van der Waals surface area contributed by atoms with Crippen LogP contribution in [-0.4, -0.2) is 12.4 Å². The molecule has 0 unspecified atom stereocenters. The van der Waals surface area contributed by atoms with E-state index in [0.717, 1.165) is 24.3 Å². The smallest absolute Gasteiger partial charge is 0.355 e. The summed E-state index contributed by atoms with van der Waals surface area (Å²) >= 11 is 0. The molecule has 0 amide bonds. The van der Waals surface area contributed by atoms with Crippen molar-refractivity contribution in [1.29, 1.82) is 0 Å². The van der Waals surface area contributed by atoms with Gasteiger partial charge in [0.05, 0.1) is 23.6 Å². The molecule has 0 heterocycles. The Bertz CT molecular complexity index is 1350. The highest BCUT2D eigenvalue weighted by molar-refractivity contribution is 5.91. The summed E-state index contributed by atoms with van der Waals surface area (Å²) < 4.78 is 78.2. The van der Waals surface area contributed by atoms with E-state index >= 15 is 0 Å². The highest BCUT2D eigenvalue weighted by Gasteiger charge is 2.31. The van der Waals surface area contributed by atoms with Crippen LogP contribution in [0.15, 0.2) is 107 Å². The van der Waals surface area contributed by atoms with Gasteiger partial charge >= 0.3 is 12.4 Å². The van der Waals surface area contributed by atoms with Gasteiger partial charge in [-0.05, 0) is 48.5 Å². The molecule has 0 bridgehead atoms. The third-order valence-corrected chi connectivity index (χ3v) is 5.32. The maximum absolute atomic E-state index is 13.0. The Hall–Kier alpha value is -4.60. The van der Waals surface area contributed by atoms with Crippen molar-refractivity contribution in [2.75, 3.05) is 10.6 Å². The van der Waals surface area contributed by atoms with E-state index in [9.17, 15) is 26.3 Å². The van der Waals surface area contributed by atoms with Gasteiger partial charge in [-0.1, -0.05) is 48.5 Å². The molecule has 194 valence electrons. The van der Waals surface area contributed by atoms with Crippen LogP contribution in [0.5, 0.6) is 0 Å². The highest BCUT2D eigenvalue weighted by atomic mass is 19.4. The Labute approximate surface area is 214 Å². The molecule has 4 aromatic carbocycles. The van der Waals surface area contributed by atoms with Crippen LogP contribution in [0, 0.1) is 0 Å². The molecular formula is C28H20F6N4. The van der Waals surface area contributed by atoms with Crippen molar-refractivity contribution >= 4 is 35.2 Å². The van der Waals surface area contributed by atoms with E-state index in [4.69, 9.17) is 0 Å². The summed E-state index contributed by atoms with van der Waals surface area (Å²) in [6.45, 7) is 0. The molecule has 38 heavy (non-hydrogen) atoms. The number of rotatable bonds is 7. The number of halogens is 6. The number of nitrogens with zero attached hydrogens (tertiary/aromatic N) is 2. The van der Waals surface area contributed by atoms with E-state index in [1.165, 1.54) is 36.7 Å². The van der Waals surface area contributed by atoms with E-state index < -0.39 is 23.5 Å². The largest absolute Gasteiger partial charge is 0.416 e. The van der Waals surface area contributed by atoms with Crippen molar-refractivity contribution in [1.82, 2.24) is 0 Å². The van der Waals surface area contributed by atoms with E-state index in [2.05, 4.69) is 20.8 Å². The molecule has 4 nitrogen and oxygen atoms in total. The zero-order chi connectivity index (χ0) is 27.2. The summed E-state index contributed by atoms with van der Waals surface area (Å²) in [5.41, 5.74) is 1.20. The van der Waals surface area contributed by atoms with Gasteiger partial charge in [0, 0.05) is 33.9 Å². The van der Waals surface area contributed by atoms with Crippen LogP contribution in [0.3, 0.4) is 0 Å². The molecule has 0 aromatic heterocycles.